The van der Waals surface area contributed by atoms with Gasteiger partial charge in [0.2, 0.25) is 21.8 Å². The molecule has 0 atom stereocenters. The molecule has 0 aliphatic carbocycles. The summed E-state index contributed by atoms with van der Waals surface area (Å²) in [6, 6.07) is 13.0. The first-order valence-corrected chi connectivity index (χ1v) is 13.3. The summed E-state index contributed by atoms with van der Waals surface area (Å²) in [7, 11) is -3.52. The van der Waals surface area contributed by atoms with Gasteiger partial charge in [-0.05, 0) is 42.7 Å². The van der Waals surface area contributed by atoms with E-state index in [1.54, 1.807) is 29.3 Å². The fourth-order valence-electron chi connectivity index (χ4n) is 4.78. The molecule has 2 fully saturated rings. The fourth-order valence-corrected chi connectivity index (χ4v) is 7.10. The van der Waals surface area contributed by atoms with Crippen LogP contribution in [0.4, 0.5) is 0 Å². The Bertz CT molecular complexity index is 1040. The zero-order chi connectivity index (χ0) is 22.8. The second-order valence-electron chi connectivity index (χ2n) is 8.57. The smallest absolute Gasteiger partial charge is 0.250 e. The van der Waals surface area contributed by atoms with Crippen LogP contribution < -0.4 is 4.72 Å². The normalized spacial score (nSPS) is 19.7. The van der Waals surface area contributed by atoms with Crippen LogP contribution in [0.1, 0.15) is 38.2 Å². The highest BCUT2D eigenvalue weighted by atomic mass is 32.2. The lowest BCUT2D eigenvalue weighted by atomic mass is 9.71. The van der Waals surface area contributed by atoms with Gasteiger partial charge in [0.25, 0.3) is 0 Å². The highest BCUT2D eigenvalue weighted by Crippen LogP contribution is 2.38. The largest absolute Gasteiger partial charge is 0.343 e. The molecule has 7 nitrogen and oxygen atoms in total. The second kappa shape index (κ2) is 9.33. The third-order valence-corrected chi connectivity index (χ3v) is 9.58. The average molecular weight is 476 g/mol. The standard InChI is InChI=1S/C23H29N3O4S2/c1-18(27)25-15-11-23(12-16-25,19-6-3-2-4-7-19)22(28)26-13-9-20(10-14-26)24-32(29,30)21-8-5-17-31-21/h2-8,17,20,24H,9-16H2,1H3. The number of likely N-dealkylation sites (tertiary alicyclic amines) is 2. The third-order valence-electron chi connectivity index (χ3n) is 6.66. The van der Waals surface area contributed by atoms with Crippen LogP contribution in [-0.2, 0) is 25.0 Å². The van der Waals surface area contributed by atoms with Crippen LogP contribution in [0, 0.1) is 0 Å². The van der Waals surface area contributed by atoms with Gasteiger partial charge in [-0.3, -0.25) is 9.59 Å². The Hall–Kier alpha value is -2.23. The van der Waals surface area contributed by atoms with Crippen molar-refractivity contribution in [3.05, 3.63) is 53.4 Å². The number of carbonyl (C=O) groups is 2. The van der Waals surface area contributed by atoms with Crippen molar-refractivity contribution in [1.29, 1.82) is 0 Å². The lowest BCUT2D eigenvalue weighted by Gasteiger charge is -2.45. The molecule has 0 unspecified atom stereocenters. The van der Waals surface area contributed by atoms with Crippen LogP contribution in [-0.4, -0.2) is 62.3 Å². The SMILES string of the molecule is CC(=O)N1CCC(C(=O)N2CCC(NS(=O)(=O)c3cccs3)CC2)(c2ccccc2)CC1. The van der Waals surface area contributed by atoms with Gasteiger partial charge in [0.15, 0.2) is 0 Å². The topological polar surface area (TPSA) is 86.8 Å². The predicted molar refractivity (Wildman–Crippen MR) is 124 cm³/mol. The Balaban J connectivity index is 1.46. The molecule has 1 aromatic heterocycles. The van der Waals surface area contributed by atoms with Crippen LogP contribution in [0.3, 0.4) is 0 Å². The number of nitrogens with one attached hydrogen (secondary N) is 1. The van der Waals surface area contributed by atoms with Crippen molar-refractivity contribution in [2.75, 3.05) is 26.2 Å². The molecule has 4 rings (SSSR count). The first kappa shape index (κ1) is 22.9. The minimum absolute atomic E-state index is 0.0398. The summed E-state index contributed by atoms with van der Waals surface area (Å²) < 4.78 is 28.2. The zero-order valence-corrected chi connectivity index (χ0v) is 19.8. The van der Waals surface area contributed by atoms with E-state index in [1.807, 2.05) is 35.2 Å². The number of hydrogen-bond donors (Lipinski definition) is 1. The maximum atomic E-state index is 13.8. The number of sulfonamides is 1. The van der Waals surface area contributed by atoms with Crippen molar-refractivity contribution in [1.82, 2.24) is 14.5 Å². The summed E-state index contributed by atoms with van der Waals surface area (Å²) >= 11 is 1.20. The monoisotopic (exact) mass is 475 g/mol. The van der Waals surface area contributed by atoms with Crippen LogP contribution in [0.5, 0.6) is 0 Å². The second-order valence-corrected chi connectivity index (χ2v) is 11.5. The summed E-state index contributed by atoms with van der Waals surface area (Å²) in [5.74, 6) is 0.129. The van der Waals surface area contributed by atoms with Gasteiger partial charge in [0, 0.05) is 39.1 Å². The molecular formula is C23H29N3O4S2. The van der Waals surface area contributed by atoms with Crippen molar-refractivity contribution >= 4 is 33.2 Å². The Kier molecular flexibility index (Phi) is 6.69. The number of amides is 2. The molecule has 1 aromatic carbocycles. The number of piperidine rings is 2. The molecule has 32 heavy (non-hydrogen) atoms. The quantitative estimate of drug-likeness (QED) is 0.720. The third kappa shape index (κ3) is 4.60. The Morgan fingerprint density at radius 3 is 2.19 bits per heavy atom. The number of hydrogen-bond acceptors (Lipinski definition) is 5. The Morgan fingerprint density at radius 2 is 1.62 bits per heavy atom. The molecule has 2 saturated heterocycles. The highest BCUT2D eigenvalue weighted by Gasteiger charge is 2.46. The van der Waals surface area contributed by atoms with Crippen molar-refractivity contribution in [2.45, 2.75) is 48.3 Å². The molecule has 0 radical (unpaired) electrons. The van der Waals surface area contributed by atoms with E-state index in [-0.39, 0.29) is 17.9 Å². The molecule has 9 heteroatoms. The maximum Gasteiger partial charge on any atom is 0.250 e. The minimum atomic E-state index is -3.52. The highest BCUT2D eigenvalue weighted by molar-refractivity contribution is 7.91. The van der Waals surface area contributed by atoms with E-state index >= 15 is 0 Å². The van der Waals surface area contributed by atoms with E-state index in [0.29, 0.717) is 56.1 Å². The van der Waals surface area contributed by atoms with Gasteiger partial charge in [0.05, 0.1) is 5.41 Å². The van der Waals surface area contributed by atoms with Gasteiger partial charge < -0.3 is 9.80 Å². The molecule has 0 spiro atoms. The van der Waals surface area contributed by atoms with Crippen molar-refractivity contribution in [2.24, 2.45) is 0 Å². The molecule has 2 amide bonds. The zero-order valence-electron chi connectivity index (χ0n) is 18.2. The molecule has 0 saturated carbocycles. The van der Waals surface area contributed by atoms with Gasteiger partial charge in [-0.15, -0.1) is 11.3 Å². The number of benzene rings is 1. The van der Waals surface area contributed by atoms with Gasteiger partial charge in [-0.2, -0.15) is 0 Å². The predicted octanol–water partition coefficient (Wildman–Crippen LogP) is 2.60. The van der Waals surface area contributed by atoms with E-state index in [4.69, 9.17) is 0 Å². The van der Waals surface area contributed by atoms with Crippen molar-refractivity contribution in [3.63, 3.8) is 0 Å². The first-order valence-electron chi connectivity index (χ1n) is 11.0. The molecule has 172 valence electrons. The fraction of sp³-hybridized carbons (Fsp3) is 0.478. The van der Waals surface area contributed by atoms with Gasteiger partial charge in [-0.25, -0.2) is 13.1 Å². The molecule has 3 heterocycles. The Morgan fingerprint density at radius 1 is 0.969 bits per heavy atom. The summed E-state index contributed by atoms with van der Waals surface area (Å²) in [4.78, 5) is 29.3. The minimum Gasteiger partial charge on any atom is -0.343 e. The summed E-state index contributed by atoms with van der Waals surface area (Å²) in [5, 5.41) is 1.75. The number of nitrogens with zero attached hydrogens (tertiary/aromatic N) is 2. The number of rotatable bonds is 5. The molecule has 2 aliphatic rings. The van der Waals surface area contributed by atoms with E-state index in [9.17, 15) is 18.0 Å². The lowest BCUT2D eigenvalue weighted by molar-refractivity contribution is -0.143. The number of carbonyl (C=O) groups excluding carboxylic acids is 2. The van der Waals surface area contributed by atoms with E-state index in [2.05, 4.69) is 4.72 Å². The van der Waals surface area contributed by atoms with Crippen molar-refractivity contribution in [3.8, 4) is 0 Å². The first-order chi connectivity index (χ1) is 15.3. The molecule has 0 bridgehead atoms. The molecule has 2 aromatic rings. The maximum absolute atomic E-state index is 13.8. The van der Waals surface area contributed by atoms with Crippen LogP contribution >= 0.6 is 11.3 Å². The Labute approximate surface area is 193 Å². The lowest BCUT2D eigenvalue weighted by Crippen LogP contribution is -2.56. The van der Waals surface area contributed by atoms with Crippen LogP contribution in [0.25, 0.3) is 0 Å². The van der Waals surface area contributed by atoms with Gasteiger partial charge in [-0.1, -0.05) is 36.4 Å². The summed E-state index contributed by atoms with van der Waals surface area (Å²) in [6.45, 7) is 3.72. The summed E-state index contributed by atoms with van der Waals surface area (Å²) in [6.07, 6.45) is 2.36. The molecular weight excluding hydrogens is 446 g/mol. The van der Waals surface area contributed by atoms with Gasteiger partial charge >= 0.3 is 0 Å². The van der Waals surface area contributed by atoms with Gasteiger partial charge in [0.1, 0.15) is 4.21 Å². The van der Waals surface area contributed by atoms with E-state index in [0.717, 1.165) is 5.56 Å². The summed E-state index contributed by atoms with van der Waals surface area (Å²) in [5.41, 5.74) is 0.352. The van der Waals surface area contributed by atoms with Crippen molar-refractivity contribution < 1.29 is 18.0 Å². The number of thiophene rings is 1. The average Bonchev–Trinajstić information content (AvgIpc) is 3.36. The van der Waals surface area contributed by atoms with Crippen LogP contribution in [0.2, 0.25) is 0 Å². The molecule has 1 N–H and O–H groups in total. The van der Waals surface area contributed by atoms with E-state index < -0.39 is 15.4 Å². The van der Waals surface area contributed by atoms with E-state index in [1.165, 1.54) is 11.3 Å². The molecule has 2 aliphatic heterocycles. The van der Waals surface area contributed by atoms with Crippen LogP contribution in [0.15, 0.2) is 52.1 Å².